The van der Waals surface area contributed by atoms with Crippen LogP contribution in [0.1, 0.15) is 39.5 Å². The molecule has 0 aromatic carbocycles. The average Bonchev–Trinajstić information content (AvgIpc) is 2.69. The number of aliphatic hydroxyl groups is 1. The molecule has 0 aromatic rings. The maximum absolute atomic E-state index is 10.4. The summed E-state index contributed by atoms with van der Waals surface area (Å²) in [5.74, 6) is 0.674. The zero-order chi connectivity index (χ0) is 11.4. The van der Waals surface area contributed by atoms with Gasteiger partial charge in [0.25, 0.3) is 0 Å². The molecule has 0 radical (unpaired) electrons. The molecular formula is C13H22O3. The Balaban J connectivity index is 2.02. The molecule has 0 aromatic heterocycles. The van der Waals surface area contributed by atoms with Crippen LogP contribution in [0.25, 0.3) is 0 Å². The van der Waals surface area contributed by atoms with Crippen molar-refractivity contribution in [2.45, 2.75) is 51.4 Å². The molecule has 3 aliphatic rings. The first-order valence-electron chi connectivity index (χ1n) is 6.54. The SMILES string of the molecule is CC1CC2CCC(O)C(C)(C1)C21OCCO1. The normalized spacial score (nSPS) is 50.8. The Labute approximate surface area is 97.1 Å². The summed E-state index contributed by atoms with van der Waals surface area (Å²) >= 11 is 0. The summed E-state index contributed by atoms with van der Waals surface area (Å²) in [5, 5.41) is 10.4. The summed E-state index contributed by atoms with van der Waals surface area (Å²) in [6.07, 6.45) is 3.88. The standard InChI is InChI=1S/C13H22O3/c1-9-7-10-3-4-11(14)12(2,8-9)13(10)15-5-6-16-13/h9-11,14H,3-8H2,1-2H3. The van der Waals surface area contributed by atoms with E-state index in [0.29, 0.717) is 25.0 Å². The van der Waals surface area contributed by atoms with Gasteiger partial charge in [-0.1, -0.05) is 13.8 Å². The van der Waals surface area contributed by atoms with Crippen LogP contribution in [-0.4, -0.2) is 30.2 Å². The summed E-state index contributed by atoms with van der Waals surface area (Å²) in [7, 11) is 0. The van der Waals surface area contributed by atoms with Crippen molar-refractivity contribution in [1.82, 2.24) is 0 Å². The number of rotatable bonds is 0. The fourth-order valence-electron chi connectivity index (χ4n) is 4.40. The second kappa shape index (κ2) is 3.44. The molecule has 2 bridgehead atoms. The summed E-state index contributed by atoms with van der Waals surface area (Å²) in [5.41, 5.74) is -0.204. The molecule has 1 aliphatic heterocycles. The third-order valence-electron chi connectivity index (χ3n) is 5.03. The zero-order valence-corrected chi connectivity index (χ0v) is 10.2. The second-order valence-electron chi connectivity index (χ2n) is 6.12. The highest BCUT2D eigenvalue weighted by atomic mass is 16.7. The van der Waals surface area contributed by atoms with E-state index in [0.717, 1.165) is 19.3 Å². The van der Waals surface area contributed by atoms with E-state index in [-0.39, 0.29) is 11.5 Å². The molecule has 3 nitrogen and oxygen atoms in total. The Bertz CT molecular complexity index is 285. The van der Waals surface area contributed by atoms with Crippen LogP contribution in [0, 0.1) is 17.3 Å². The fraction of sp³-hybridized carbons (Fsp3) is 1.00. The van der Waals surface area contributed by atoms with Crippen molar-refractivity contribution >= 4 is 0 Å². The Morgan fingerprint density at radius 3 is 2.56 bits per heavy atom. The number of aliphatic hydroxyl groups excluding tert-OH is 1. The van der Waals surface area contributed by atoms with E-state index in [9.17, 15) is 5.11 Å². The lowest BCUT2D eigenvalue weighted by molar-refractivity contribution is -0.327. The summed E-state index contributed by atoms with van der Waals surface area (Å²) in [6.45, 7) is 5.82. The first-order valence-corrected chi connectivity index (χ1v) is 6.54. The van der Waals surface area contributed by atoms with Gasteiger partial charge in [0.05, 0.1) is 19.3 Å². The smallest absolute Gasteiger partial charge is 0.179 e. The van der Waals surface area contributed by atoms with Gasteiger partial charge < -0.3 is 14.6 Å². The lowest BCUT2D eigenvalue weighted by Gasteiger charge is -2.59. The van der Waals surface area contributed by atoms with Crippen LogP contribution < -0.4 is 0 Å². The third kappa shape index (κ3) is 1.20. The minimum absolute atomic E-state index is 0.204. The largest absolute Gasteiger partial charge is 0.392 e. The molecule has 3 heteroatoms. The van der Waals surface area contributed by atoms with E-state index < -0.39 is 5.79 Å². The summed E-state index contributed by atoms with van der Waals surface area (Å²) < 4.78 is 12.0. The van der Waals surface area contributed by atoms with E-state index in [1.165, 1.54) is 6.42 Å². The van der Waals surface area contributed by atoms with E-state index in [2.05, 4.69) is 13.8 Å². The highest BCUT2D eigenvalue weighted by Crippen LogP contribution is 2.60. The quantitative estimate of drug-likeness (QED) is 0.686. The van der Waals surface area contributed by atoms with Crippen molar-refractivity contribution in [1.29, 1.82) is 0 Å². The van der Waals surface area contributed by atoms with Gasteiger partial charge in [0, 0.05) is 11.3 Å². The fourth-order valence-corrected chi connectivity index (χ4v) is 4.40. The van der Waals surface area contributed by atoms with E-state index in [4.69, 9.17) is 9.47 Å². The van der Waals surface area contributed by atoms with Crippen LogP contribution in [0.15, 0.2) is 0 Å². The molecule has 3 fully saturated rings. The van der Waals surface area contributed by atoms with E-state index in [1.807, 2.05) is 0 Å². The Morgan fingerprint density at radius 1 is 1.19 bits per heavy atom. The molecule has 1 spiro atoms. The van der Waals surface area contributed by atoms with Crippen LogP contribution in [0.2, 0.25) is 0 Å². The van der Waals surface area contributed by atoms with Crippen LogP contribution in [-0.2, 0) is 9.47 Å². The Hall–Kier alpha value is -0.120. The molecule has 16 heavy (non-hydrogen) atoms. The number of hydrogen-bond acceptors (Lipinski definition) is 3. The average molecular weight is 226 g/mol. The highest BCUT2D eigenvalue weighted by Gasteiger charge is 2.65. The lowest BCUT2D eigenvalue weighted by atomic mass is 9.54. The van der Waals surface area contributed by atoms with Crippen LogP contribution in [0.3, 0.4) is 0 Å². The van der Waals surface area contributed by atoms with Crippen molar-refractivity contribution in [2.75, 3.05) is 13.2 Å². The predicted molar refractivity (Wildman–Crippen MR) is 59.9 cm³/mol. The molecule has 2 saturated carbocycles. The maximum Gasteiger partial charge on any atom is 0.179 e. The summed E-state index contributed by atoms with van der Waals surface area (Å²) in [6, 6.07) is 0. The van der Waals surface area contributed by atoms with Gasteiger partial charge in [-0.05, 0) is 31.6 Å². The van der Waals surface area contributed by atoms with Crippen LogP contribution in [0.5, 0.6) is 0 Å². The molecule has 4 unspecified atom stereocenters. The minimum Gasteiger partial charge on any atom is -0.392 e. The topological polar surface area (TPSA) is 38.7 Å². The van der Waals surface area contributed by atoms with Crippen molar-refractivity contribution in [3.8, 4) is 0 Å². The Kier molecular flexibility index (Phi) is 2.36. The maximum atomic E-state index is 10.4. The first kappa shape index (κ1) is 11.0. The first-order chi connectivity index (χ1) is 7.58. The van der Waals surface area contributed by atoms with Gasteiger partial charge >= 0.3 is 0 Å². The lowest BCUT2D eigenvalue weighted by Crippen LogP contribution is -2.64. The predicted octanol–water partition coefficient (Wildman–Crippen LogP) is 1.94. The second-order valence-corrected chi connectivity index (χ2v) is 6.12. The summed E-state index contributed by atoms with van der Waals surface area (Å²) in [4.78, 5) is 0. The molecule has 3 rings (SSSR count). The Morgan fingerprint density at radius 2 is 1.88 bits per heavy atom. The molecule has 92 valence electrons. The van der Waals surface area contributed by atoms with E-state index >= 15 is 0 Å². The van der Waals surface area contributed by atoms with Crippen LogP contribution >= 0.6 is 0 Å². The molecule has 0 amide bonds. The zero-order valence-electron chi connectivity index (χ0n) is 10.2. The molecule has 1 N–H and O–H groups in total. The number of hydrogen-bond donors (Lipinski definition) is 1. The molecule has 2 aliphatic carbocycles. The molecule has 4 atom stereocenters. The third-order valence-corrected chi connectivity index (χ3v) is 5.03. The van der Waals surface area contributed by atoms with Gasteiger partial charge in [0.2, 0.25) is 0 Å². The molecule has 1 heterocycles. The minimum atomic E-state index is -0.475. The van der Waals surface area contributed by atoms with Crippen molar-refractivity contribution in [3.63, 3.8) is 0 Å². The van der Waals surface area contributed by atoms with Crippen molar-refractivity contribution in [2.24, 2.45) is 17.3 Å². The monoisotopic (exact) mass is 226 g/mol. The van der Waals surface area contributed by atoms with Gasteiger partial charge in [-0.3, -0.25) is 0 Å². The molecular weight excluding hydrogens is 204 g/mol. The number of ether oxygens (including phenoxy) is 2. The molecule has 1 saturated heterocycles. The van der Waals surface area contributed by atoms with Gasteiger partial charge in [-0.2, -0.15) is 0 Å². The van der Waals surface area contributed by atoms with Crippen molar-refractivity contribution in [3.05, 3.63) is 0 Å². The van der Waals surface area contributed by atoms with Gasteiger partial charge in [-0.25, -0.2) is 0 Å². The van der Waals surface area contributed by atoms with E-state index in [1.54, 1.807) is 0 Å². The highest BCUT2D eigenvalue weighted by molar-refractivity contribution is 5.08. The van der Waals surface area contributed by atoms with Gasteiger partial charge in [0.15, 0.2) is 5.79 Å². The van der Waals surface area contributed by atoms with Gasteiger partial charge in [0.1, 0.15) is 0 Å². The van der Waals surface area contributed by atoms with Crippen molar-refractivity contribution < 1.29 is 14.6 Å². The van der Waals surface area contributed by atoms with Crippen LogP contribution in [0.4, 0.5) is 0 Å². The van der Waals surface area contributed by atoms with Gasteiger partial charge in [-0.15, -0.1) is 0 Å².